The van der Waals surface area contributed by atoms with Crippen molar-refractivity contribution in [1.29, 1.82) is 0 Å². The predicted molar refractivity (Wildman–Crippen MR) is 45.0 cm³/mol. The monoisotopic (exact) mass is 223 g/mol. The van der Waals surface area contributed by atoms with Crippen LogP contribution in [0.5, 0.6) is 0 Å². The predicted octanol–water partition coefficient (Wildman–Crippen LogP) is 0.249. The molecular formula is C6H7F2N3O2S. The normalized spacial score (nSPS) is 12.0. The van der Waals surface area contributed by atoms with Gasteiger partial charge in [0.2, 0.25) is 10.0 Å². The minimum Gasteiger partial charge on any atom is -0.397 e. The number of hydrogen-bond acceptors (Lipinski definition) is 4. The fourth-order valence-electron chi connectivity index (χ4n) is 0.810. The molecule has 5 nitrogen and oxygen atoms in total. The van der Waals surface area contributed by atoms with Gasteiger partial charge in [0.1, 0.15) is 10.6 Å². The summed E-state index contributed by atoms with van der Waals surface area (Å²) >= 11 is 0. The first-order valence-corrected chi connectivity index (χ1v) is 4.93. The average Bonchev–Trinajstić information content (AvgIpc) is 2.01. The smallest absolute Gasteiger partial charge is 0.282 e. The van der Waals surface area contributed by atoms with Gasteiger partial charge in [-0.15, -0.1) is 0 Å². The molecule has 0 radical (unpaired) electrons. The van der Waals surface area contributed by atoms with Crippen molar-refractivity contribution in [3.8, 4) is 0 Å². The van der Waals surface area contributed by atoms with E-state index in [-0.39, 0.29) is 4.90 Å². The molecule has 78 valence electrons. The summed E-state index contributed by atoms with van der Waals surface area (Å²) < 4.78 is 45.8. The fourth-order valence-corrected chi connectivity index (χ4v) is 1.30. The molecule has 0 spiro atoms. The van der Waals surface area contributed by atoms with Crippen LogP contribution in [0.4, 0.5) is 14.5 Å². The lowest BCUT2D eigenvalue weighted by Crippen LogP contribution is -2.13. The van der Waals surface area contributed by atoms with E-state index in [1.54, 1.807) is 0 Å². The van der Waals surface area contributed by atoms with Gasteiger partial charge in [-0.05, 0) is 6.07 Å². The minimum absolute atomic E-state index is 0.389. The van der Waals surface area contributed by atoms with Crippen LogP contribution in [0.1, 0.15) is 12.1 Å². The number of halogens is 2. The molecule has 1 aromatic rings. The molecule has 4 N–H and O–H groups in total. The van der Waals surface area contributed by atoms with Crippen molar-refractivity contribution in [2.24, 2.45) is 5.14 Å². The fraction of sp³-hybridized carbons (Fsp3) is 0.167. The number of sulfonamides is 1. The van der Waals surface area contributed by atoms with Crippen molar-refractivity contribution in [3.63, 3.8) is 0 Å². The van der Waals surface area contributed by atoms with E-state index in [4.69, 9.17) is 10.9 Å². The topological polar surface area (TPSA) is 99.1 Å². The summed E-state index contributed by atoms with van der Waals surface area (Å²) in [5.74, 6) is 0. The van der Waals surface area contributed by atoms with Gasteiger partial charge in [0.05, 0.1) is 5.69 Å². The third kappa shape index (κ3) is 2.15. The van der Waals surface area contributed by atoms with E-state index in [0.29, 0.717) is 0 Å². The van der Waals surface area contributed by atoms with Crippen molar-refractivity contribution >= 4 is 15.7 Å². The standard InChI is InChI=1S/C6H7F2N3O2S/c7-6(8)5-4(9)1-3(2-11-5)14(10,12)13/h1-2,6H,9H2,(H2,10,12,13). The van der Waals surface area contributed by atoms with Crippen LogP contribution in [-0.4, -0.2) is 13.4 Å². The summed E-state index contributed by atoms with van der Waals surface area (Å²) in [6.07, 6.45) is -2.10. The van der Waals surface area contributed by atoms with Gasteiger partial charge in [-0.25, -0.2) is 22.3 Å². The van der Waals surface area contributed by atoms with Crippen molar-refractivity contribution < 1.29 is 17.2 Å². The SMILES string of the molecule is Nc1cc(S(N)(=O)=O)cnc1C(F)F. The molecule has 1 aromatic heterocycles. The minimum atomic E-state index is -3.96. The molecule has 0 fully saturated rings. The van der Waals surface area contributed by atoms with E-state index < -0.39 is 27.8 Å². The Balaban J connectivity index is 3.27. The van der Waals surface area contributed by atoms with Crippen molar-refractivity contribution in [3.05, 3.63) is 18.0 Å². The zero-order valence-corrected chi connectivity index (χ0v) is 7.63. The number of alkyl halides is 2. The Bertz CT molecular complexity index is 446. The summed E-state index contributed by atoms with van der Waals surface area (Å²) in [5.41, 5.74) is 4.10. The lowest BCUT2D eigenvalue weighted by molar-refractivity contribution is 0.147. The number of hydrogen-bond donors (Lipinski definition) is 2. The number of pyridine rings is 1. The zero-order valence-electron chi connectivity index (χ0n) is 6.81. The molecule has 0 aliphatic heterocycles. The maximum absolute atomic E-state index is 12.1. The number of anilines is 1. The molecule has 0 unspecified atom stereocenters. The summed E-state index contributed by atoms with van der Waals surface area (Å²) in [5, 5.41) is 4.74. The van der Waals surface area contributed by atoms with Gasteiger partial charge >= 0.3 is 0 Å². The molecule has 0 amide bonds. The summed E-state index contributed by atoms with van der Waals surface area (Å²) in [7, 11) is -3.96. The molecule has 1 rings (SSSR count). The third-order valence-corrected chi connectivity index (χ3v) is 2.34. The van der Waals surface area contributed by atoms with Crippen LogP contribution in [0, 0.1) is 0 Å². The summed E-state index contributed by atoms with van der Waals surface area (Å²) in [6.45, 7) is 0. The van der Waals surface area contributed by atoms with Crippen LogP contribution in [0.2, 0.25) is 0 Å². The van der Waals surface area contributed by atoms with E-state index >= 15 is 0 Å². The highest BCUT2D eigenvalue weighted by Gasteiger charge is 2.16. The largest absolute Gasteiger partial charge is 0.397 e. The van der Waals surface area contributed by atoms with Crippen LogP contribution in [-0.2, 0) is 10.0 Å². The van der Waals surface area contributed by atoms with Crippen molar-refractivity contribution in [2.45, 2.75) is 11.3 Å². The lowest BCUT2D eigenvalue weighted by Gasteiger charge is -2.04. The molecular weight excluding hydrogens is 216 g/mol. The number of nitrogens with zero attached hydrogens (tertiary/aromatic N) is 1. The lowest BCUT2D eigenvalue weighted by atomic mass is 10.3. The van der Waals surface area contributed by atoms with Gasteiger partial charge in [-0.2, -0.15) is 0 Å². The molecule has 0 atom stereocenters. The molecule has 0 aliphatic carbocycles. The molecule has 8 heteroatoms. The zero-order chi connectivity index (χ0) is 10.9. The van der Waals surface area contributed by atoms with Crippen LogP contribution < -0.4 is 10.9 Å². The molecule has 0 saturated carbocycles. The Morgan fingerprint density at radius 2 is 2.00 bits per heavy atom. The second kappa shape index (κ2) is 3.46. The highest BCUT2D eigenvalue weighted by molar-refractivity contribution is 7.89. The maximum Gasteiger partial charge on any atom is 0.282 e. The van der Waals surface area contributed by atoms with Crippen LogP contribution in [0.15, 0.2) is 17.2 Å². The van der Waals surface area contributed by atoms with Gasteiger partial charge in [0.15, 0.2) is 0 Å². The maximum atomic E-state index is 12.1. The molecule has 0 saturated heterocycles. The Kier molecular flexibility index (Phi) is 2.67. The Labute approximate surface area is 78.8 Å². The molecule has 0 aliphatic rings. The first-order valence-electron chi connectivity index (χ1n) is 3.38. The highest BCUT2D eigenvalue weighted by Crippen LogP contribution is 2.23. The van der Waals surface area contributed by atoms with Gasteiger partial charge in [0, 0.05) is 6.20 Å². The van der Waals surface area contributed by atoms with Gasteiger partial charge in [0.25, 0.3) is 6.43 Å². The Morgan fingerprint density at radius 1 is 1.43 bits per heavy atom. The number of nitrogen functional groups attached to an aromatic ring is 1. The van der Waals surface area contributed by atoms with E-state index in [9.17, 15) is 17.2 Å². The van der Waals surface area contributed by atoms with Crippen molar-refractivity contribution in [2.75, 3.05) is 5.73 Å². The Morgan fingerprint density at radius 3 is 2.36 bits per heavy atom. The molecule has 0 bridgehead atoms. The average molecular weight is 223 g/mol. The molecule has 14 heavy (non-hydrogen) atoms. The van der Waals surface area contributed by atoms with E-state index in [1.807, 2.05) is 0 Å². The third-order valence-electron chi connectivity index (χ3n) is 1.46. The van der Waals surface area contributed by atoms with Gasteiger partial charge in [-0.1, -0.05) is 0 Å². The summed E-state index contributed by atoms with van der Waals surface area (Å²) in [4.78, 5) is 2.82. The molecule has 1 heterocycles. The van der Waals surface area contributed by atoms with Crippen molar-refractivity contribution in [1.82, 2.24) is 4.98 Å². The second-order valence-corrected chi connectivity index (χ2v) is 4.05. The summed E-state index contributed by atoms with van der Waals surface area (Å²) in [6, 6.07) is 0.851. The number of rotatable bonds is 2. The quantitative estimate of drug-likeness (QED) is 0.750. The van der Waals surface area contributed by atoms with Crippen LogP contribution >= 0.6 is 0 Å². The van der Waals surface area contributed by atoms with Crippen LogP contribution in [0.3, 0.4) is 0 Å². The number of nitrogens with two attached hydrogens (primary N) is 2. The number of aromatic nitrogens is 1. The van der Waals surface area contributed by atoms with E-state index in [2.05, 4.69) is 4.98 Å². The highest BCUT2D eigenvalue weighted by atomic mass is 32.2. The first-order chi connectivity index (χ1) is 6.32. The molecule has 0 aromatic carbocycles. The van der Waals surface area contributed by atoms with Crippen LogP contribution in [0.25, 0.3) is 0 Å². The van der Waals surface area contributed by atoms with Gasteiger partial charge < -0.3 is 5.73 Å². The van der Waals surface area contributed by atoms with E-state index in [0.717, 1.165) is 12.3 Å². The second-order valence-electron chi connectivity index (χ2n) is 2.49. The Hall–Kier alpha value is -1.28. The number of primary sulfonamides is 1. The van der Waals surface area contributed by atoms with Gasteiger partial charge in [-0.3, -0.25) is 4.98 Å². The first kappa shape index (κ1) is 10.8. The van der Waals surface area contributed by atoms with E-state index in [1.165, 1.54) is 0 Å².